The predicted molar refractivity (Wildman–Crippen MR) is 66.4 cm³/mol. The van der Waals surface area contributed by atoms with Gasteiger partial charge < -0.3 is 5.32 Å². The summed E-state index contributed by atoms with van der Waals surface area (Å²) < 4.78 is 23.9. The summed E-state index contributed by atoms with van der Waals surface area (Å²) >= 11 is 0. The Morgan fingerprint density at radius 1 is 1.50 bits per heavy atom. The van der Waals surface area contributed by atoms with Crippen LogP contribution in [0, 0.1) is 12.7 Å². The molecule has 0 fully saturated rings. The molecule has 1 aromatic rings. The van der Waals surface area contributed by atoms with Gasteiger partial charge in [0.15, 0.2) is 0 Å². The molecule has 2 unspecified atom stereocenters. The lowest BCUT2D eigenvalue weighted by atomic mass is 10.1. The Balaban J connectivity index is 2.51. The summed E-state index contributed by atoms with van der Waals surface area (Å²) in [5.41, 5.74) is 2.02. The first-order valence-electron chi connectivity index (χ1n) is 5.27. The molecule has 4 heteroatoms. The van der Waals surface area contributed by atoms with E-state index in [2.05, 4.69) is 5.32 Å². The van der Waals surface area contributed by atoms with Crippen LogP contribution >= 0.6 is 0 Å². The molecule has 0 aliphatic rings. The molecule has 0 saturated heterocycles. The first-order valence-corrected chi connectivity index (χ1v) is 7.00. The van der Waals surface area contributed by atoms with Crippen molar-refractivity contribution in [1.29, 1.82) is 0 Å². The van der Waals surface area contributed by atoms with Gasteiger partial charge in [0.2, 0.25) is 0 Å². The van der Waals surface area contributed by atoms with Crippen molar-refractivity contribution >= 4 is 10.8 Å². The van der Waals surface area contributed by atoms with E-state index >= 15 is 0 Å². The minimum atomic E-state index is -0.785. The van der Waals surface area contributed by atoms with E-state index in [1.54, 1.807) is 12.3 Å². The number of aryl methyl sites for hydroxylation is 1. The summed E-state index contributed by atoms with van der Waals surface area (Å²) in [6.45, 7) is 4.58. The molecule has 0 heterocycles. The van der Waals surface area contributed by atoms with E-state index in [0.717, 1.165) is 11.1 Å². The highest BCUT2D eigenvalue weighted by atomic mass is 32.2. The van der Waals surface area contributed by atoms with Gasteiger partial charge in [-0.25, -0.2) is 4.39 Å². The Hall–Kier alpha value is -0.740. The second-order valence-corrected chi connectivity index (χ2v) is 5.57. The normalized spacial score (nSPS) is 14.8. The van der Waals surface area contributed by atoms with Gasteiger partial charge in [-0.1, -0.05) is 6.07 Å². The number of hydrogen-bond acceptors (Lipinski definition) is 2. The van der Waals surface area contributed by atoms with Crippen molar-refractivity contribution in [3.8, 4) is 0 Å². The second kappa shape index (κ2) is 6.11. The highest BCUT2D eigenvalue weighted by molar-refractivity contribution is 7.84. The molecule has 0 saturated carbocycles. The maximum Gasteiger partial charge on any atom is 0.123 e. The quantitative estimate of drug-likeness (QED) is 0.857. The van der Waals surface area contributed by atoms with Crippen molar-refractivity contribution in [3.05, 3.63) is 35.1 Å². The lowest BCUT2D eigenvalue weighted by molar-refractivity contribution is 0.583. The smallest absolute Gasteiger partial charge is 0.123 e. The number of rotatable bonds is 5. The van der Waals surface area contributed by atoms with E-state index in [1.165, 1.54) is 12.1 Å². The van der Waals surface area contributed by atoms with Crippen LogP contribution in [0.1, 0.15) is 18.1 Å². The maximum atomic E-state index is 12.9. The van der Waals surface area contributed by atoms with E-state index in [1.807, 2.05) is 13.8 Å². The van der Waals surface area contributed by atoms with E-state index in [9.17, 15) is 8.60 Å². The third-order valence-corrected chi connectivity index (χ3v) is 3.40. The Kier molecular flexibility index (Phi) is 5.09. The first-order chi connectivity index (χ1) is 7.49. The van der Waals surface area contributed by atoms with E-state index < -0.39 is 10.8 Å². The van der Waals surface area contributed by atoms with E-state index in [4.69, 9.17) is 0 Å². The van der Waals surface area contributed by atoms with Crippen LogP contribution in [0.3, 0.4) is 0 Å². The Morgan fingerprint density at radius 2 is 2.19 bits per heavy atom. The Labute approximate surface area is 98.7 Å². The molecular formula is C12H18FNOS. The van der Waals surface area contributed by atoms with Crippen molar-refractivity contribution in [1.82, 2.24) is 5.32 Å². The fourth-order valence-electron chi connectivity index (χ4n) is 1.55. The third kappa shape index (κ3) is 4.41. The fourth-order valence-corrected chi connectivity index (χ4v) is 2.37. The molecule has 0 amide bonds. The third-order valence-electron chi connectivity index (χ3n) is 2.43. The molecule has 0 aromatic heterocycles. The van der Waals surface area contributed by atoms with E-state index in [0.29, 0.717) is 12.3 Å². The van der Waals surface area contributed by atoms with Crippen LogP contribution in [0.2, 0.25) is 0 Å². The lowest BCUT2D eigenvalue weighted by Gasteiger charge is -2.13. The molecular weight excluding hydrogens is 225 g/mol. The summed E-state index contributed by atoms with van der Waals surface area (Å²) in [5.74, 6) is 0.434. The van der Waals surface area contributed by atoms with Crippen molar-refractivity contribution < 1.29 is 8.60 Å². The van der Waals surface area contributed by atoms with Gasteiger partial charge in [-0.3, -0.25) is 4.21 Å². The number of nitrogens with one attached hydrogen (secondary N) is 1. The van der Waals surface area contributed by atoms with Crippen LogP contribution in [-0.2, 0) is 17.3 Å². The molecule has 1 N–H and O–H groups in total. The monoisotopic (exact) mass is 243 g/mol. The van der Waals surface area contributed by atoms with Crippen LogP contribution in [-0.4, -0.2) is 22.3 Å². The first kappa shape index (κ1) is 13.3. The molecule has 1 aromatic carbocycles. The van der Waals surface area contributed by atoms with Gasteiger partial charge in [-0.15, -0.1) is 0 Å². The minimum Gasteiger partial charge on any atom is -0.309 e. The number of hydrogen-bond donors (Lipinski definition) is 1. The molecule has 1 rings (SSSR count). The highest BCUT2D eigenvalue weighted by Gasteiger charge is 2.05. The summed E-state index contributed by atoms with van der Waals surface area (Å²) in [6.07, 6.45) is 1.70. The van der Waals surface area contributed by atoms with Crippen LogP contribution in [0.25, 0.3) is 0 Å². The fraction of sp³-hybridized carbons (Fsp3) is 0.500. The van der Waals surface area contributed by atoms with Gasteiger partial charge in [0.25, 0.3) is 0 Å². The zero-order valence-electron chi connectivity index (χ0n) is 9.92. The SMILES string of the molecule is Cc1cc(F)ccc1CNC(C)CS(C)=O. The molecule has 0 radical (unpaired) electrons. The zero-order valence-corrected chi connectivity index (χ0v) is 10.7. The van der Waals surface area contributed by atoms with Gasteiger partial charge in [0.05, 0.1) is 0 Å². The zero-order chi connectivity index (χ0) is 12.1. The van der Waals surface area contributed by atoms with Gasteiger partial charge in [0, 0.05) is 35.4 Å². The Bertz CT molecular complexity index is 381. The van der Waals surface area contributed by atoms with Crippen LogP contribution in [0.15, 0.2) is 18.2 Å². The summed E-state index contributed by atoms with van der Waals surface area (Å²) in [6, 6.07) is 4.98. The van der Waals surface area contributed by atoms with Crippen LogP contribution < -0.4 is 5.32 Å². The van der Waals surface area contributed by atoms with Gasteiger partial charge >= 0.3 is 0 Å². The summed E-state index contributed by atoms with van der Waals surface area (Å²) in [5, 5.41) is 3.28. The second-order valence-electron chi connectivity index (χ2n) is 4.09. The molecule has 90 valence electrons. The Morgan fingerprint density at radius 3 is 2.75 bits per heavy atom. The average molecular weight is 243 g/mol. The van der Waals surface area contributed by atoms with Crippen molar-refractivity contribution in [3.63, 3.8) is 0 Å². The standard InChI is InChI=1S/C12H18FNOS/c1-9-6-12(13)5-4-11(9)7-14-10(2)8-16(3)15/h4-6,10,14H,7-8H2,1-3H3. The molecule has 0 spiro atoms. The molecule has 2 nitrogen and oxygen atoms in total. The molecule has 0 aliphatic heterocycles. The average Bonchev–Trinajstić information content (AvgIpc) is 2.15. The number of benzene rings is 1. The van der Waals surface area contributed by atoms with E-state index in [-0.39, 0.29) is 11.9 Å². The summed E-state index contributed by atoms with van der Waals surface area (Å²) in [7, 11) is -0.785. The van der Waals surface area contributed by atoms with Gasteiger partial charge in [0.1, 0.15) is 5.82 Å². The van der Waals surface area contributed by atoms with Crippen LogP contribution in [0.4, 0.5) is 4.39 Å². The molecule has 0 bridgehead atoms. The molecule has 16 heavy (non-hydrogen) atoms. The van der Waals surface area contributed by atoms with Crippen molar-refractivity contribution in [2.24, 2.45) is 0 Å². The molecule has 0 aliphatic carbocycles. The minimum absolute atomic E-state index is 0.204. The largest absolute Gasteiger partial charge is 0.309 e. The maximum absolute atomic E-state index is 12.9. The highest BCUT2D eigenvalue weighted by Crippen LogP contribution is 2.09. The van der Waals surface area contributed by atoms with Crippen molar-refractivity contribution in [2.45, 2.75) is 26.4 Å². The molecule has 2 atom stereocenters. The van der Waals surface area contributed by atoms with Gasteiger partial charge in [-0.2, -0.15) is 0 Å². The topological polar surface area (TPSA) is 29.1 Å². The predicted octanol–water partition coefficient (Wildman–Crippen LogP) is 1.99. The lowest BCUT2D eigenvalue weighted by Crippen LogP contribution is -2.30. The summed E-state index contributed by atoms with van der Waals surface area (Å²) in [4.78, 5) is 0. The van der Waals surface area contributed by atoms with Crippen molar-refractivity contribution in [2.75, 3.05) is 12.0 Å². The van der Waals surface area contributed by atoms with Crippen LogP contribution in [0.5, 0.6) is 0 Å². The van der Waals surface area contributed by atoms with Gasteiger partial charge in [-0.05, 0) is 37.1 Å². The number of halogens is 1.